The van der Waals surface area contributed by atoms with Gasteiger partial charge in [0, 0.05) is 50.8 Å². The lowest BCUT2D eigenvalue weighted by Crippen LogP contribution is -2.48. The highest BCUT2D eigenvalue weighted by molar-refractivity contribution is 5.94. The Morgan fingerprint density at radius 1 is 1.08 bits per heavy atom. The summed E-state index contributed by atoms with van der Waals surface area (Å²) in [6.45, 7) is 8.17. The number of amides is 1. The van der Waals surface area contributed by atoms with Crippen molar-refractivity contribution >= 4 is 5.91 Å². The molecule has 25 heavy (non-hydrogen) atoms. The lowest BCUT2D eigenvalue weighted by Gasteiger charge is -2.37. The summed E-state index contributed by atoms with van der Waals surface area (Å²) in [4.78, 5) is 16.9. The Hall–Kier alpha value is -1.63. The normalized spacial score (nSPS) is 30.6. The van der Waals surface area contributed by atoms with Gasteiger partial charge in [0.15, 0.2) is 0 Å². The Bertz CT molecular complexity index is 582. The number of morpholine rings is 1. The molecular weight excluding hydrogens is 320 g/mol. The van der Waals surface area contributed by atoms with Crippen molar-refractivity contribution in [2.24, 2.45) is 11.8 Å². The van der Waals surface area contributed by atoms with Gasteiger partial charge in [-0.3, -0.25) is 9.69 Å². The van der Waals surface area contributed by atoms with Gasteiger partial charge in [0.2, 0.25) is 0 Å². The summed E-state index contributed by atoms with van der Waals surface area (Å²) in [5.74, 6) is 0.488. The topological polar surface area (TPSA) is 73.2 Å². The number of ether oxygens (including phenoxy) is 1. The molecule has 2 fully saturated rings. The van der Waals surface area contributed by atoms with Crippen LogP contribution in [-0.4, -0.2) is 77.5 Å². The van der Waals surface area contributed by atoms with Crippen LogP contribution in [0.4, 0.5) is 0 Å². The third-order valence-corrected chi connectivity index (χ3v) is 5.20. The highest BCUT2D eigenvalue weighted by Crippen LogP contribution is 2.27. The van der Waals surface area contributed by atoms with Crippen LogP contribution in [0.15, 0.2) is 24.3 Å². The molecule has 6 heteroatoms. The molecule has 0 aromatic heterocycles. The van der Waals surface area contributed by atoms with Gasteiger partial charge in [-0.2, -0.15) is 0 Å². The van der Waals surface area contributed by atoms with Crippen molar-refractivity contribution in [1.29, 1.82) is 0 Å². The number of likely N-dealkylation sites (tertiary alicyclic amines) is 1. The first-order chi connectivity index (χ1) is 12.0. The van der Waals surface area contributed by atoms with E-state index in [0.29, 0.717) is 18.7 Å². The number of aliphatic hydroxyl groups excluding tert-OH is 1. The van der Waals surface area contributed by atoms with Crippen LogP contribution < -0.4 is 0 Å². The van der Waals surface area contributed by atoms with Gasteiger partial charge in [0.05, 0.1) is 12.2 Å². The van der Waals surface area contributed by atoms with E-state index in [9.17, 15) is 15.0 Å². The van der Waals surface area contributed by atoms with Gasteiger partial charge in [0.1, 0.15) is 5.75 Å². The molecule has 2 aliphatic heterocycles. The molecule has 0 radical (unpaired) electrons. The predicted octanol–water partition coefficient (Wildman–Crippen LogP) is 1.18. The molecular formula is C19H28N2O4. The average Bonchev–Trinajstić information content (AvgIpc) is 2.97. The van der Waals surface area contributed by atoms with Gasteiger partial charge in [-0.05, 0) is 44.0 Å². The number of nitrogens with zero attached hydrogens (tertiary/aromatic N) is 2. The Labute approximate surface area is 149 Å². The molecule has 0 bridgehead atoms. The zero-order valence-electron chi connectivity index (χ0n) is 15.0. The number of aromatic hydroxyl groups is 1. The van der Waals surface area contributed by atoms with Crippen molar-refractivity contribution in [3.8, 4) is 5.75 Å². The van der Waals surface area contributed by atoms with Gasteiger partial charge in [-0.15, -0.1) is 0 Å². The van der Waals surface area contributed by atoms with Crippen molar-refractivity contribution in [1.82, 2.24) is 9.80 Å². The average molecular weight is 348 g/mol. The summed E-state index contributed by atoms with van der Waals surface area (Å²) in [6, 6.07) is 6.34. The van der Waals surface area contributed by atoms with Crippen molar-refractivity contribution in [3.63, 3.8) is 0 Å². The first-order valence-electron chi connectivity index (χ1n) is 9.03. The molecule has 138 valence electrons. The Morgan fingerprint density at radius 3 is 2.28 bits per heavy atom. The smallest absolute Gasteiger partial charge is 0.253 e. The number of phenolic OH excluding ortho intramolecular Hbond substituents is 1. The number of phenols is 1. The summed E-state index contributed by atoms with van der Waals surface area (Å²) in [6.07, 6.45) is 0.430. The standard InChI is InChI=1S/C19H28N2O4/c1-13-7-20(8-14(2)25-13)9-16-10-21(11-17(16)12-22)19(24)15-3-5-18(23)6-4-15/h3-6,13-14,16-17,22-23H,7-12H2,1-2H3/t13-,14+,16-,17-/m1/s1. The highest BCUT2D eigenvalue weighted by Gasteiger charge is 2.37. The number of hydrogen-bond acceptors (Lipinski definition) is 5. The molecule has 3 rings (SSSR count). The minimum atomic E-state index is -0.0373. The van der Waals surface area contributed by atoms with E-state index in [-0.39, 0.29) is 42.3 Å². The lowest BCUT2D eigenvalue weighted by molar-refractivity contribution is -0.0726. The van der Waals surface area contributed by atoms with E-state index >= 15 is 0 Å². The van der Waals surface area contributed by atoms with Crippen LogP contribution in [-0.2, 0) is 4.74 Å². The van der Waals surface area contributed by atoms with Crippen molar-refractivity contribution in [3.05, 3.63) is 29.8 Å². The zero-order valence-corrected chi connectivity index (χ0v) is 15.0. The third kappa shape index (κ3) is 4.32. The Balaban J connectivity index is 1.63. The minimum absolute atomic E-state index is 0.0373. The van der Waals surface area contributed by atoms with Crippen molar-refractivity contribution < 1.29 is 19.7 Å². The van der Waals surface area contributed by atoms with E-state index in [1.807, 2.05) is 4.90 Å². The fraction of sp³-hybridized carbons (Fsp3) is 0.632. The van der Waals surface area contributed by atoms with Gasteiger partial charge in [-0.25, -0.2) is 0 Å². The molecule has 2 N–H and O–H groups in total. The number of benzene rings is 1. The fourth-order valence-corrected chi connectivity index (χ4v) is 4.07. The van der Waals surface area contributed by atoms with Crippen molar-refractivity contribution in [2.45, 2.75) is 26.1 Å². The van der Waals surface area contributed by atoms with E-state index < -0.39 is 0 Å². The first-order valence-corrected chi connectivity index (χ1v) is 9.03. The molecule has 2 saturated heterocycles. The fourth-order valence-electron chi connectivity index (χ4n) is 4.07. The largest absolute Gasteiger partial charge is 0.508 e. The highest BCUT2D eigenvalue weighted by atomic mass is 16.5. The van der Waals surface area contributed by atoms with Gasteiger partial charge in [-0.1, -0.05) is 0 Å². The number of carbonyl (C=O) groups excluding carboxylic acids is 1. The quantitative estimate of drug-likeness (QED) is 0.855. The Morgan fingerprint density at radius 2 is 1.68 bits per heavy atom. The Kier molecular flexibility index (Phi) is 5.61. The van der Waals surface area contributed by atoms with E-state index in [2.05, 4.69) is 18.7 Å². The van der Waals surface area contributed by atoms with Gasteiger partial charge < -0.3 is 19.8 Å². The number of rotatable bonds is 4. The molecule has 2 aliphatic rings. The molecule has 1 aromatic carbocycles. The number of aliphatic hydroxyl groups is 1. The van der Waals surface area contributed by atoms with Crippen LogP contribution in [0.25, 0.3) is 0 Å². The summed E-state index contributed by atoms with van der Waals surface area (Å²) in [5.41, 5.74) is 0.573. The maximum atomic E-state index is 12.7. The number of carbonyl (C=O) groups is 1. The molecule has 0 spiro atoms. The molecule has 6 nitrogen and oxygen atoms in total. The van der Waals surface area contributed by atoms with Gasteiger partial charge >= 0.3 is 0 Å². The summed E-state index contributed by atoms with van der Waals surface area (Å²) in [5, 5.41) is 19.1. The second-order valence-electron chi connectivity index (χ2n) is 7.44. The maximum absolute atomic E-state index is 12.7. The van der Waals surface area contributed by atoms with Crippen LogP contribution >= 0.6 is 0 Å². The molecule has 0 unspecified atom stereocenters. The minimum Gasteiger partial charge on any atom is -0.508 e. The van der Waals surface area contributed by atoms with Crippen LogP contribution in [0, 0.1) is 11.8 Å². The first kappa shape index (κ1) is 18.2. The molecule has 4 atom stereocenters. The van der Waals surface area contributed by atoms with Crippen LogP contribution in [0.3, 0.4) is 0 Å². The SMILES string of the molecule is C[C@@H]1CN(C[C@@H]2CN(C(=O)c3ccc(O)cc3)C[C@@H]2CO)C[C@H](C)O1. The van der Waals surface area contributed by atoms with Gasteiger partial charge in [0.25, 0.3) is 5.91 Å². The predicted molar refractivity (Wildman–Crippen MR) is 94.5 cm³/mol. The van der Waals surface area contributed by atoms with E-state index in [0.717, 1.165) is 19.6 Å². The zero-order chi connectivity index (χ0) is 18.0. The van der Waals surface area contributed by atoms with E-state index in [4.69, 9.17) is 4.74 Å². The lowest BCUT2D eigenvalue weighted by atomic mass is 9.96. The van der Waals surface area contributed by atoms with Crippen molar-refractivity contribution in [2.75, 3.05) is 39.3 Å². The van der Waals surface area contributed by atoms with Crippen LogP contribution in [0.1, 0.15) is 24.2 Å². The van der Waals surface area contributed by atoms with E-state index in [1.165, 1.54) is 12.1 Å². The second kappa shape index (κ2) is 7.72. The summed E-state index contributed by atoms with van der Waals surface area (Å²) in [7, 11) is 0. The molecule has 0 aliphatic carbocycles. The number of hydrogen-bond donors (Lipinski definition) is 2. The molecule has 0 saturated carbocycles. The second-order valence-corrected chi connectivity index (χ2v) is 7.44. The molecule has 1 aromatic rings. The van der Waals surface area contributed by atoms with Crippen LogP contribution in [0.2, 0.25) is 0 Å². The van der Waals surface area contributed by atoms with E-state index in [1.54, 1.807) is 12.1 Å². The molecule has 2 heterocycles. The summed E-state index contributed by atoms with van der Waals surface area (Å²) >= 11 is 0. The summed E-state index contributed by atoms with van der Waals surface area (Å²) < 4.78 is 5.78. The maximum Gasteiger partial charge on any atom is 0.253 e. The molecule has 1 amide bonds. The monoisotopic (exact) mass is 348 g/mol. The third-order valence-electron chi connectivity index (χ3n) is 5.20. The van der Waals surface area contributed by atoms with Crippen LogP contribution in [0.5, 0.6) is 5.75 Å².